The molecule has 3 aromatic rings. The number of nitrogens with zero attached hydrogens (tertiary/aromatic N) is 2. The summed E-state index contributed by atoms with van der Waals surface area (Å²) in [4.78, 5) is 7.32. The Bertz CT molecular complexity index is 1030. The fourth-order valence-electron chi connectivity index (χ4n) is 3.50. The summed E-state index contributed by atoms with van der Waals surface area (Å²) in [5, 5.41) is 3.27. The lowest BCUT2D eigenvalue weighted by molar-refractivity contribution is 0.529. The maximum absolute atomic E-state index is 12.9. The number of aromatic nitrogens is 1. The summed E-state index contributed by atoms with van der Waals surface area (Å²) in [5.41, 5.74) is 2.30. The number of rotatable bonds is 5. The van der Waals surface area contributed by atoms with E-state index < -0.39 is 9.84 Å². The molecule has 146 valence electrons. The van der Waals surface area contributed by atoms with Gasteiger partial charge in [-0.1, -0.05) is 41.9 Å². The summed E-state index contributed by atoms with van der Waals surface area (Å²) >= 11 is 7.51. The third-order valence-corrected chi connectivity index (χ3v) is 8.54. The predicted octanol–water partition coefficient (Wildman–Crippen LogP) is 4.83. The molecule has 4 rings (SSSR count). The van der Waals surface area contributed by atoms with Crippen molar-refractivity contribution < 1.29 is 8.42 Å². The minimum atomic E-state index is -3.32. The van der Waals surface area contributed by atoms with Crippen molar-refractivity contribution in [2.75, 3.05) is 18.0 Å². The predicted molar refractivity (Wildman–Crippen MR) is 115 cm³/mol. The highest BCUT2D eigenvalue weighted by molar-refractivity contribution is 7.92. The average molecular weight is 433 g/mol. The number of halogens is 1. The van der Waals surface area contributed by atoms with Gasteiger partial charge in [-0.15, -0.1) is 11.3 Å². The lowest BCUT2D eigenvalue weighted by Crippen LogP contribution is -2.39. The second-order valence-corrected chi connectivity index (χ2v) is 10.5. The third-order valence-electron chi connectivity index (χ3n) is 5.06. The Hall–Kier alpha value is -1.89. The fourth-order valence-corrected chi connectivity index (χ4v) is 6.24. The van der Waals surface area contributed by atoms with Gasteiger partial charge in [0.25, 0.3) is 0 Å². The van der Waals surface area contributed by atoms with E-state index in [1.807, 2.05) is 18.2 Å². The zero-order chi connectivity index (χ0) is 19.6. The Morgan fingerprint density at radius 2 is 1.71 bits per heavy atom. The molecule has 0 saturated carbocycles. The second-order valence-electron chi connectivity index (χ2n) is 6.97. The van der Waals surface area contributed by atoms with Crippen LogP contribution in [0.4, 0.5) is 5.13 Å². The molecule has 0 spiro atoms. The standard InChI is InChI=1S/C21H21ClN2O2S2/c22-17-6-8-19(9-7-17)28(25,26)20-10-12-24(13-11-20)21-23-18(15-27-21)14-16-4-2-1-3-5-16/h1-9,15,20H,10-14H2. The van der Waals surface area contributed by atoms with Crippen LogP contribution in [0.25, 0.3) is 0 Å². The van der Waals surface area contributed by atoms with Crippen LogP contribution in [0.5, 0.6) is 0 Å². The molecule has 0 unspecified atom stereocenters. The molecule has 1 aromatic heterocycles. The molecular formula is C21H21ClN2O2S2. The van der Waals surface area contributed by atoms with E-state index in [1.54, 1.807) is 35.6 Å². The third kappa shape index (κ3) is 4.24. The van der Waals surface area contributed by atoms with Crippen molar-refractivity contribution >= 4 is 37.9 Å². The van der Waals surface area contributed by atoms with Crippen molar-refractivity contribution in [3.05, 3.63) is 76.3 Å². The average Bonchev–Trinajstić information content (AvgIpc) is 3.18. The summed E-state index contributed by atoms with van der Waals surface area (Å²) in [7, 11) is -3.32. The molecule has 28 heavy (non-hydrogen) atoms. The van der Waals surface area contributed by atoms with Gasteiger partial charge in [0.05, 0.1) is 15.8 Å². The first-order valence-electron chi connectivity index (χ1n) is 9.25. The normalized spacial score (nSPS) is 15.7. The van der Waals surface area contributed by atoms with Crippen LogP contribution in [0.1, 0.15) is 24.1 Å². The fraction of sp³-hybridized carbons (Fsp3) is 0.286. The summed E-state index contributed by atoms with van der Waals surface area (Å²) in [6, 6.07) is 16.8. The van der Waals surface area contributed by atoms with Gasteiger partial charge in [-0.05, 0) is 42.7 Å². The minimum absolute atomic E-state index is 0.353. The van der Waals surface area contributed by atoms with Gasteiger partial charge in [-0.2, -0.15) is 0 Å². The second kappa shape index (κ2) is 8.23. The van der Waals surface area contributed by atoms with E-state index in [0.29, 0.717) is 35.8 Å². The largest absolute Gasteiger partial charge is 0.348 e. The van der Waals surface area contributed by atoms with Crippen molar-refractivity contribution in [1.29, 1.82) is 0 Å². The molecule has 0 atom stereocenters. The highest BCUT2D eigenvalue weighted by Crippen LogP contribution is 2.30. The van der Waals surface area contributed by atoms with Gasteiger partial charge in [0, 0.05) is 29.9 Å². The minimum Gasteiger partial charge on any atom is -0.348 e. The molecule has 1 aliphatic rings. The van der Waals surface area contributed by atoms with Crippen LogP contribution in [0.3, 0.4) is 0 Å². The van der Waals surface area contributed by atoms with Gasteiger partial charge < -0.3 is 4.90 Å². The van der Waals surface area contributed by atoms with Gasteiger partial charge in [0.2, 0.25) is 0 Å². The topological polar surface area (TPSA) is 50.3 Å². The summed E-state index contributed by atoms with van der Waals surface area (Å²) in [6.45, 7) is 1.41. The zero-order valence-electron chi connectivity index (χ0n) is 15.3. The Morgan fingerprint density at radius 1 is 1.04 bits per heavy atom. The smallest absolute Gasteiger partial charge is 0.185 e. The number of sulfone groups is 1. The molecule has 0 bridgehead atoms. The quantitative estimate of drug-likeness (QED) is 0.579. The van der Waals surface area contributed by atoms with Crippen LogP contribution < -0.4 is 4.90 Å². The van der Waals surface area contributed by atoms with Gasteiger partial charge in [-0.25, -0.2) is 13.4 Å². The molecule has 1 fully saturated rings. The van der Waals surface area contributed by atoms with E-state index in [9.17, 15) is 8.42 Å². The van der Waals surface area contributed by atoms with E-state index >= 15 is 0 Å². The molecule has 2 heterocycles. The number of piperidine rings is 1. The van der Waals surface area contributed by atoms with Crippen molar-refractivity contribution in [3.63, 3.8) is 0 Å². The van der Waals surface area contributed by atoms with Crippen LogP contribution in [0.2, 0.25) is 5.02 Å². The van der Waals surface area contributed by atoms with Gasteiger partial charge in [0.1, 0.15) is 0 Å². The van der Waals surface area contributed by atoms with Crippen LogP contribution in [-0.2, 0) is 16.3 Å². The van der Waals surface area contributed by atoms with Gasteiger partial charge >= 0.3 is 0 Å². The van der Waals surface area contributed by atoms with Crippen molar-refractivity contribution in [3.8, 4) is 0 Å². The van der Waals surface area contributed by atoms with E-state index in [0.717, 1.165) is 17.2 Å². The van der Waals surface area contributed by atoms with Crippen molar-refractivity contribution in [2.45, 2.75) is 29.4 Å². The van der Waals surface area contributed by atoms with E-state index in [-0.39, 0.29) is 5.25 Å². The Kier molecular flexibility index (Phi) is 5.71. The number of anilines is 1. The first-order valence-corrected chi connectivity index (χ1v) is 12.1. The van der Waals surface area contributed by atoms with Crippen molar-refractivity contribution in [2.24, 2.45) is 0 Å². The molecule has 0 aliphatic carbocycles. The Balaban J connectivity index is 1.40. The first-order chi connectivity index (χ1) is 13.5. The molecule has 7 heteroatoms. The molecule has 1 aliphatic heterocycles. The SMILES string of the molecule is O=S(=O)(c1ccc(Cl)cc1)C1CCN(c2nc(Cc3ccccc3)cs2)CC1. The van der Waals surface area contributed by atoms with Gasteiger partial charge in [-0.3, -0.25) is 0 Å². The number of thiazole rings is 1. The highest BCUT2D eigenvalue weighted by atomic mass is 35.5. The molecule has 4 nitrogen and oxygen atoms in total. The highest BCUT2D eigenvalue weighted by Gasteiger charge is 2.32. The monoisotopic (exact) mass is 432 g/mol. The van der Waals surface area contributed by atoms with E-state index in [4.69, 9.17) is 16.6 Å². The molecule has 2 aromatic carbocycles. The number of benzene rings is 2. The van der Waals surface area contributed by atoms with Crippen molar-refractivity contribution in [1.82, 2.24) is 4.98 Å². The lowest BCUT2D eigenvalue weighted by Gasteiger charge is -2.31. The van der Waals surface area contributed by atoms with E-state index in [2.05, 4.69) is 22.4 Å². The summed E-state index contributed by atoms with van der Waals surface area (Å²) in [6.07, 6.45) is 2.04. The molecule has 1 saturated heterocycles. The Morgan fingerprint density at radius 3 is 2.39 bits per heavy atom. The Labute approximate surface area is 174 Å². The van der Waals surface area contributed by atoms with Crippen LogP contribution >= 0.6 is 22.9 Å². The number of hydrogen-bond donors (Lipinski definition) is 0. The van der Waals surface area contributed by atoms with Crippen LogP contribution in [0.15, 0.2) is 64.9 Å². The zero-order valence-corrected chi connectivity index (χ0v) is 17.7. The summed E-state index contributed by atoms with van der Waals surface area (Å²) < 4.78 is 25.7. The molecular weight excluding hydrogens is 412 g/mol. The molecule has 0 radical (unpaired) electrons. The molecule has 0 amide bonds. The maximum atomic E-state index is 12.9. The van der Waals surface area contributed by atoms with Crippen LogP contribution in [0, 0.1) is 0 Å². The number of hydrogen-bond acceptors (Lipinski definition) is 5. The first kappa shape index (κ1) is 19.4. The lowest BCUT2D eigenvalue weighted by atomic mass is 10.1. The van der Waals surface area contributed by atoms with E-state index in [1.165, 1.54) is 5.56 Å². The molecule has 0 N–H and O–H groups in total. The van der Waals surface area contributed by atoms with Gasteiger partial charge in [0.15, 0.2) is 15.0 Å². The van der Waals surface area contributed by atoms with Crippen LogP contribution in [-0.4, -0.2) is 31.7 Å². The summed E-state index contributed by atoms with van der Waals surface area (Å²) in [5.74, 6) is 0. The maximum Gasteiger partial charge on any atom is 0.185 e.